The molecule has 0 aromatic heterocycles. The highest BCUT2D eigenvalue weighted by Crippen LogP contribution is 2.22. The number of hydrogen-bond acceptors (Lipinski definition) is 3. The number of hydrogen-bond donors (Lipinski definition) is 2. The lowest BCUT2D eigenvalue weighted by molar-refractivity contribution is 0.0703. The third-order valence-electron chi connectivity index (χ3n) is 1.51. The smallest absolute Gasteiger partial charge is 0.278 e. The molecule has 0 bridgehead atoms. The first-order chi connectivity index (χ1) is 6.19. The van der Waals surface area contributed by atoms with Crippen LogP contribution in [0, 0.1) is 0 Å². The van der Waals surface area contributed by atoms with Gasteiger partial charge in [-0.1, -0.05) is 11.6 Å². The van der Waals surface area contributed by atoms with E-state index in [1.54, 1.807) is 0 Å². The molecule has 0 aliphatic carbocycles. The molecule has 4 nitrogen and oxygen atoms in total. The van der Waals surface area contributed by atoms with Gasteiger partial charge in [-0.15, -0.1) is 0 Å². The molecule has 1 amide bonds. The normalized spacial score (nSPS) is 9.46. The fraction of sp³-hybridized carbons (Fsp3) is 0.125. The maximum atomic E-state index is 11.0. The molecule has 0 saturated heterocycles. The van der Waals surface area contributed by atoms with Crippen LogP contribution in [0.5, 0.6) is 5.75 Å². The molecule has 0 saturated carbocycles. The van der Waals surface area contributed by atoms with Crippen LogP contribution in [0.2, 0.25) is 5.02 Å². The monoisotopic (exact) mass is 201 g/mol. The number of benzene rings is 1. The Morgan fingerprint density at radius 2 is 2.31 bits per heavy atom. The summed E-state index contributed by atoms with van der Waals surface area (Å²) in [6.07, 6.45) is 0. The van der Waals surface area contributed by atoms with Crippen LogP contribution < -0.4 is 10.2 Å². The van der Waals surface area contributed by atoms with Gasteiger partial charge in [-0.3, -0.25) is 10.0 Å². The average Bonchev–Trinajstić information content (AvgIpc) is 2.16. The Kier molecular flexibility index (Phi) is 3.11. The van der Waals surface area contributed by atoms with Crippen molar-refractivity contribution in [1.82, 2.24) is 5.48 Å². The van der Waals surface area contributed by atoms with Crippen molar-refractivity contribution in [2.45, 2.75) is 0 Å². The van der Waals surface area contributed by atoms with Crippen LogP contribution in [-0.4, -0.2) is 18.2 Å². The number of nitrogens with one attached hydrogen (secondary N) is 1. The molecule has 70 valence electrons. The van der Waals surface area contributed by atoms with Gasteiger partial charge in [-0.2, -0.15) is 0 Å². The van der Waals surface area contributed by atoms with E-state index in [0.717, 1.165) is 0 Å². The van der Waals surface area contributed by atoms with E-state index in [1.165, 1.54) is 30.8 Å². The van der Waals surface area contributed by atoms with Crippen LogP contribution in [0.4, 0.5) is 0 Å². The molecule has 1 aromatic rings. The van der Waals surface area contributed by atoms with Crippen molar-refractivity contribution >= 4 is 17.5 Å². The minimum atomic E-state index is -0.631. The predicted octanol–water partition coefficient (Wildman–Crippen LogP) is 1.47. The third kappa shape index (κ3) is 2.11. The Labute approximate surface area is 80.0 Å². The van der Waals surface area contributed by atoms with Crippen molar-refractivity contribution in [2.24, 2.45) is 0 Å². The van der Waals surface area contributed by atoms with Crippen LogP contribution in [0.3, 0.4) is 0 Å². The Morgan fingerprint density at radius 1 is 1.62 bits per heavy atom. The first-order valence-corrected chi connectivity index (χ1v) is 3.85. The fourth-order valence-corrected chi connectivity index (χ4v) is 1.07. The Balaban J connectivity index is 3.13. The molecule has 0 aliphatic rings. The first-order valence-electron chi connectivity index (χ1n) is 3.47. The van der Waals surface area contributed by atoms with E-state index in [-0.39, 0.29) is 5.56 Å². The molecule has 1 rings (SSSR count). The second-order valence-electron chi connectivity index (χ2n) is 2.29. The van der Waals surface area contributed by atoms with Crippen molar-refractivity contribution in [3.63, 3.8) is 0 Å². The number of rotatable bonds is 2. The van der Waals surface area contributed by atoms with Gasteiger partial charge in [0.25, 0.3) is 5.91 Å². The summed E-state index contributed by atoms with van der Waals surface area (Å²) in [7, 11) is 1.42. The lowest BCUT2D eigenvalue weighted by atomic mass is 10.2. The molecule has 0 atom stereocenters. The summed E-state index contributed by atoms with van der Waals surface area (Å²) in [6.45, 7) is 0. The summed E-state index contributed by atoms with van der Waals surface area (Å²) in [6, 6.07) is 4.49. The number of methoxy groups -OCH3 is 1. The number of halogens is 1. The summed E-state index contributed by atoms with van der Waals surface area (Å²) in [5.41, 5.74) is 1.74. The van der Waals surface area contributed by atoms with Gasteiger partial charge in [0.05, 0.1) is 12.7 Å². The van der Waals surface area contributed by atoms with Crippen LogP contribution in [0.25, 0.3) is 0 Å². The van der Waals surface area contributed by atoms with Crippen molar-refractivity contribution < 1.29 is 14.7 Å². The largest absolute Gasteiger partial charge is 0.496 e. The topological polar surface area (TPSA) is 58.6 Å². The van der Waals surface area contributed by atoms with Gasteiger partial charge in [0.1, 0.15) is 5.75 Å². The van der Waals surface area contributed by atoms with Crippen LogP contribution in [0.1, 0.15) is 10.4 Å². The minimum absolute atomic E-state index is 0.231. The molecule has 13 heavy (non-hydrogen) atoms. The molecular weight excluding hydrogens is 194 g/mol. The molecule has 0 aliphatic heterocycles. The Morgan fingerprint density at radius 3 is 2.85 bits per heavy atom. The number of carbonyl (C=O) groups is 1. The highest BCUT2D eigenvalue weighted by molar-refractivity contribution is 6.30. The van der Waals surface area contributed by atoms with E-state index in [9.17, 15) is 4.79 Å². The van der Waals surface area contributed by atoms with E-state index in [0.29, 0.717) is 10.8 Å². The molecule has 0 unspecified atom stereocenters. The summed E-state index contributed by atoms with van der Waals surface area (Å²) in [4.78, 5) is 11.0. The summed E-state index contributed by atoms with van der Waals surface area (Å²) < 4.78 is 4.89. The molecule has 0 radical (unpaired) electrons. The highest BCUT2D eigenvalue weighted by Gasteiger charge is 2.10. The fourth-order valence-electron chi connectivity index (χ4n) is 0.913. The first kappa shape index (κ1) is 9.83. The number of hydroxylamine groups is 1. The maximum absolute atomic E-state index is 11.0. The number of carbonyl (C=O) groups excluding carboxylic acids is 1. The van der Waals surface area contributed by atoms with Crippen molar-refractivity contribution in [2.75, 3.05) is 7.11 Å². The number of ether oxygens (including phenoxy) is 1. The van der Waals surface area contributed by atoms with Crippen LogP contribution >= 0.6 is 11.6 Å². The minimum Gasteiger partial charge on any atom is -0.496 e. The molecule has 0 spiro atoms. The number of amides is 1. The molecule has 0 heterocycles. The summed E-state index contributed by atoms with van der Waals surface area (Å²) in [5.74, 6) is -0.312. The van der Waals surface area contributed by atoms with Gasteiger partial charge < -0.3 is 4.74 Å². The molecule has 0 fully saturated rings. The van der Waals surface area contributed by atoms with Crippen molar-refractivity contribution in [3.8, 4) is 5.75 Å². The van der Waals surface area contributed by atoms with Crippen LogP contribution in [0.15, 0.2) is 18.2 Å². The zero-order valence-electron chi connectivity index (χ0n) is 6.87. The van der Waals surface area contributed by atoms with E-state index in [1.807, 2.05) is 0 Å². The summed E-state index contributed by atoms with van der Waals surface area (Å²) in [5, 5.41) is 8.85. The molecular formula is C8H8ClNO3. The second-order valence-corrected chi connectivity index (χ2v) is 2.72. The Hall–Kier alpha value is -1.26. The highest BCUT2D eigenvalue weighted by atomic mass is 35.5. The predicted molar refractivity (Wildman–Crippen MR) is 47.3 cm³/mol. The zero-order chi connectivity index (χ0) is 9.84. The molecule has 1 aromatic carbocycles. The van der Waals surface area contributed by atoms with Gasteiger partial charge in [-0.05, 0) is 18.2 Å². The van der Waals surface area contributed by atoms with E-state index >= 15 is 0 Å². The van der Waals surface area contributed by atoms with Gasteiger partial charge >= 0.3 is 0 Å². The van der Waals surface area contributed by atoms with E-state index < -0.39 is 5.91 Å². The standard InChI is InChI=1S/C8H8ClNO3/c1-13-7-4-5(9)2-3-6(7)8(11)10-12/h2-4,12H,1H3,(H,10,11). The lowest BCUT2D eigenvalue weighted by Crippen LogP contribution is -2.19. The summed E-state index contributed by atoms with van der Waals surface area (Å²) >= 11 is 5.67. The maximum Gasteiger partial charge on any atom is 0.278 e. The lowest BCUT2D eigenvalue weighted by Gasteiger charge is -2.06. The average molecular weight is 202 g/mol. The molecule has 2 N–H and O–H groups in total. The SMILES string of the molecule is COc1cc(Cl)ccc1C(=O)NO. The second kappa shape index (κ2) is 4.11. The van der Waals surface area contributed by atoms with E-state index in [2.05, 4.69) is 0 Å². The quantitative estimate of drug-likeness (QED) is 0.563. The Bertz CT molecular complexity index is 327. The zero-order valence-corrected chi connectivity index (χ0v) is 7.63. The van der Waals surface area contributed by atoms with E-state index in [4.69, 9.17) is 21.5 Å². The van der Waals surface area contributed by atoms with Crippen LogP contribution in [-0.2, 0) is 0 Å². The van der Waals surface area contributed by atoms with Gasteiger partial charge in [0, 0.05) is 5.02 Å². The van der Waals surface area contributed by atoms with Crippen molar-refractivity contribution in [1.29, 1.82) is 0 Å². The van der Waals surface area contributed by atoms with Gasteiger partial charge in [-0.25, -0.2) is 5.48 Å². The van der Waals surface area contributed by atoms with Gasteiger partial charge in [0.15, 0.2) is 0 Å². The third-order valence-corrected chi connectivity index (χ3v) is 1.74. The molecule has 5 heteroatoms. The van der Waals surface area contributed by atoms with Crippen molar-refractivity contribution in [3.05, 3.63) is 28.8 Å². The van der Waals surface area contributed by atoms with Gasteiger partial charge in [0.2, 0.25) is 0 Å².